The Balaban J connectivity index is 1.34. The molecule has 5 rings (SSSR count). The summed E-state index contributed by atoms with van der Waals surface area (Å²) in [4.78, 5) is 46.7. The maximum Gasteiger partial charge on any atom is 0.416 e. The van der Waals surface area contributed by atoms with E-state index < -0.39 is 18.2 Å². The Morgan fingerprint density at radius 2 is 1.92 bits per heavy atom. The van der Waals surface area contributed by atoms with Crippen molar-refractivity contribution >= 4 is 29.0 Å². The largest absolute Gasteiger partial charge is 0.464 e. The van der Waals surface area contributed by atoms with Gasteiger partial charge in [0.2, 0.25) is 5.91 Å². The summed E-state index contributed by atoms with van der Waals surface area (Å²) in [5, 5.41) is 13.1. The highest BCUT2D eigenvalue weighted by Gasteiger charge is 2.37. The second-order valence-corrected chi connectivity index (χ2v) is 9.18. The van der Waals surface area contributed by atoms with Gasteiger partial charge in [-0.15, -0.1) is 0 Å². The van der Waals surface area contributed by atoms with Gasteiger partial charge in [-0.1, -0.05) is 48.5 Å². The molecule has 0 bridgehead atoms. The van der Waals surface area contributed by atoms with Crippen molar-refractivity contribution in [2.75, 3.05) is 0 Å². The van der Waals surface area contributed by atoms with Crippen LogP contribution < -0.4 is 5.32 Å². The van der Waals surface area contributed by atoms with Crippen LogP contribution in [0.2, 0.25) is 0 Å². The molecular formula is C27H27N5O5. The maximum atomic E-state index is 13.5. The summed E-state index contributed by atoms with van der Waals surface area (Å²) in [7, 11) is 0. The normalized spacial score (nSPS) is 15.7. The summed E-state index contributed by atoms with van der Waals surface area (Å²) in [6.07, 6.45) is 1.62. The van der Waals surface area contributed by atoms with Gasteiger partial charge in [0, 0.05) is 41.7 Å². The Hall–Kier alpha value is -4.60. The monoisotopic (exact) mass is 501 g/mol. The highest BCUT2D eigenvalue weighted by Crippen LogP contribution is 2.31. The van der Waals surface area contributed by atoms with E-state index in [-0.39, 0.29) is 25.1 Å². The van der Waals surface area contributed by atoms with Gasteiger partial charge in [0.15, 0.2) is 0 Å². The van der Waals surface area contributed by atoms with E-state index in [4.69, 9.17) is 9.84 Å². The van der Waals surface area contributed by atoms with E-state index in [2.05, 4.69) is 15.3 Å². The van der Waals surface area contributed by atoms with Crippen molar-refractivity contribution < 1.29 is 24.2 Å². The van der Waals surface area contributed by atoms with Crippen LogP contribution in [-0.2, 0) is 35.5 Å². The van der Waals surface area contributed by atoms with Crippen LogP contribution in [0.5, 0.6) is 0 Å². The zero-order valence-electron chi connectivity index (χ0n) is 20.3. The van der Waals surface area contributed by atoms with Crippen molar-refractivity contribution in [3.8, 4) is 0 Å². The lowest BCUT2D eigenvalue weighted by Crippen LogP contribution is -2.54. The van der Waals surface area contributed by atoms with E-state index in [1.54, 1.807) is 0 Å². The van der Waals surface area contributed by atoms with Gasteiger partial charge in [-0.3, -0.25) is 9.69 Å². The number of ether oxygens (including phenoxy) is 1. The summed E-state index contributed by atoms with van der Waals surface area (Å²) in [5.41, 5.74) is 4.24. The van der Waals surface area contributed by atoms with Crippen LogP contribution in [0.15, 0.2) is 67.1 Å². The molecule has 2 aromatic carbocycles. The molecule has 1 aliphatic rings. The summed E-state index contributed by atoms with van der Waals surface area (Å²) in [6.45, 7) is 2.13. The number of benzene rings is 2. The molecule has 2 atom stereocenters. The van der Waals surface area contributed by atoms with Crippen LogP contribution >= 0.6 is 0 Å². The summed E-state index contributed by atoms with van der Waals surface area (Å²) >= 11 is 0. The van der Waals surface area contributed by atoms with Gasteiger partial charge in [0.05, 0.1) is 12.2 Å². The quantitative estimate of drug-likeness (QED) is 0.369. The fourth-order valence-corrected chi connectivity index (χ4v) is 4.71. The third-order valence-corrected chi connectivity index (χ3v) is 6.51. The highest BCUT2D eigenvalue weighted by molar-refractivity contribution is 5.90. The average Bonchev–Trinajstić information content (AvgIpc) is 3.51. The minimum atomic E-state index is -1.13. The molecule has 0 saturated heterocycles. The lowest BCUT2D eigenvalue weighted by Gasteiger charge is -2.34. The highest BCUT2D eigenvalue weighted by atomic mass is 16.6. The van der Waals surface area contributed by atoms with Gasteiger partial charge in [0.25, 0.3) is 0 Å². The topological polar surface area (TPSA) is 130 Å². The molecule has 0 fully saturated rings. The number of hydrogen-bond acceptors (Lipinski definition) is 5. The number of aromatic nitrogens is 3. The lowest BCUT2D eigenvalue weighted by molar-refractivity contribution is -0.127. The van der Waals surface area contributed by atoms with Gasteiger partial charge >= 0.3 is 12.2 Å². The van der Waals surface area contributed by atoms with E-state index in [9.17, 15) is 14.4 Å². The van der Waals surface area contributed by atoms with Crippen molar-refractivity contribution in [1.29, 1.82) is 0 Å². The number of nitrogens with one attached hydrogen (secondary N) is 2. The van der Waals surface area contributed by atoms with Crippen molar-refractivity contribution in [2.45, 2.75) is 45.0 Å². The number of nitrogens with zero attached hydrogens (tertiary/aromatic N) is 3. The number of rotatable bonds is 6. The van der Waals surface area contributed by atoms with E-state index in [0.717, 1.165) is 32.3 Å². The maximum absolute atomic E-state index is 13.5. The first kappa shape index (κ1) is 24.1. The first-order valence-corrected chi connectivity index (χ1v) is 12.0. The molecule has 10 heteroatoms. The zero-order chi connectivity index (χ0) is 25.9. The first-order chi connectivity index (χ1) is 17.9. The molecule has 0 aliphatic carbocycles. The van der Waals surface area contributed by atoms with Crippen LogP contribution in [0.4, 0.5) is 9.59 Å². The SMILES string of the molecule is C[C@H](Cc1cn(C(=O)O)cn1)NC(=O)C1Cc2c([nH]c3ccccc23)CN1C(=O)OCc1ccccc1. The fraction of sp³-hybridized carbons (Fsp3) is 0.259. The predicted octanol–water partition coefficient (Wildman–Crippen LogP) is 3.70. The second kappa shape index (κ2) is 10.2. The Morgan fingerprint density at radius 3 is 2.68 bits per heavy atom. The summed E-state index contributed by atoms with van der Waals surface area (Å²) in [5.74, 6) is -0.308. The number of carbonyl (C=O) groups excluding carboxylic acids is 2. The second-order valence-electron chi connectivity index (χ2n) is 9.18. The van der Waals surface area contributed by atoms with Gasteiger partial charge < -0.3 is 20.1 Å². The van der Waals surface area contributed by atoms with Crippen molar-refractivity contribution in [2.24, 2.45) is 0 Å². The first-order valence-electron chi connectivity index (χ1n) is 12.0. The lowest BCUT2D eigenvalue weighted by atomic mass is 9.96. The van der Waals surface area contributed by atoms with Gasteiger partial charge in [-0.05, 0) is 24.1 Å². The molecule has 1 unspecified atom stereocenters. The van der Waals surface area contributed by atoms with Crippen LogP contribution in [0, 0.1) is 0 Å². The van der Waals surface area contributed by atoms with Crippen LogP contribution in [0.25, 0.3) is 10.9 Å². The number of carbonyl (C=O) groups is 3. The molecule has 4 aromatic rings. The molecule has 0 saturated carbocycles. The minimum Gasteiger partial charge on any atom is -0.464 e. The van der Waals surface area contributed by atoms with Gasteiger partial charge in [0.1, 0.15) is 19.0 Å². The molecule has 0 radical (unpaired) electrons. The molecule has 3 N–H and O–H groups in total. The third-order valence-electron chi connectivity index (χ3n) is 6.51. The third kappa shape index (κ3) is 5.18. The van der Waals surface area contributed by atoms with Crippen molar-refractivity contribution in [3.05, 3.63) is 89.6 Å². The van der Waals surface area contributed by atoms with Gasteiger partial charge in [-0.25, -0.2) is 19.1 Å². The minimum absolute atomic E-state index is 0.104. The Labute approximate surface area is 212 Å². The number of aromatic amines is 1. The molecule has 0 spiro atoms. The number of carboxylic acid groups (broad SMARTS) is 1. The zero-order valence-corrected chi connectivity index (χ0v) is 20.3. The van der Waals surface area contributed by atoms with E-state index in [1.807, 2.05) is 61.5 Å². The van der Waals surface area contributed by atoms with E-state index in [0.29, 0.717) is 18.5 Å². The molecular weight excluding hydrogens is 474 g/mol. The number of hydrogen-bond donors (Lipinski definition) is 3. The van der Waals surface area contributed by atoms with Crippen molar-refractivity contribution in [3.63, 3.8) is 0 Å². The molecule has 3 heterocycles. The number of para-hydroxylation sites is 1. The van der Waals surface area contributed by atoms with Crippen LogP contribution in [0.3, 0.4) is 0 Å². The number of fused-ring (bicyclic) bond motifs is 3. The molecule has 10 nitrogen and oxygen atoms in total. The molecule has 2 amide bonds. The van der Waals surface area contributed by atoms with Crippen LogP contribution in [0.1, 0.15) is 29.4 Å². The van der Waals surface area contributed by atoms with Gasteiger partial charge in [-0.2, -0.15) is 0 Å². The number of amides is 2. The Morgan fingerprint density at radius 1 is 1.16 bits per heavy atom. The van der Waals surface area contributed by atoms with Crippen LogP contribution in [-0.4, -0.2) is 54.7 Å². The molecule has 2 aromatic heterocycles. The number of H-pyrrole nitrogens is 1. The Kier molecular flexibility index (Phi) is 6.63. The van der Waals surface area contributed by atoms with E-state index in [1.165, 1.54) is 17.4 Å². The smallest absolute Gasteiger partial charge is 0.416 e. The fourth-order valence-electron chi connectivity index (χ4n) is 4.71. The average molecular weight is 502 g/mol. The molecule has 1 aliphatic heterocycles. The predicted molar refractivity (Wildman–Crippen MR) is 135 cm³/mol. The number of imidazole rings is 1. The van der Waals surface area contributed by atoms with E-state index >= 15 is 0 Å². The molecule has 37 heavy (non-hydrogen) atoms. The standard InChI is InChI=1S/C27H27N5O5/c1-17(11-19-13-31(16-28-19)26(34)35)29-25(33)24-12-21-20-9-5-6-10-22(20)30-23(21)14-32(24)27(36)37-15-18-7-3-2-4-8-18/h2-10,13,16-17,24,30H,11-12,14-15H2,1H3,(H,29,33)(H,34,35)/t17-,24?/m1/s1. The van der Waals surface area contributed by atoms with Crippen molar-refractivity contribution in [1.82, 2.24) is 24.8 Å². The molecule has 190 valence electrons. The summed E-state index contributed by atoms with van der Waals surface area (Å²) in [6, 6.07) is 16.1. The summed E-state index contributed by atoms with van der Waals surface area (Å²) < 4.78 is 6.55. The Bertz CT molecular complexity index is 1440.